The highest BCUT2D eigenvalue weighted by molar-refractivity contribution is 4.74. The Morgan fingerprint density at radius 2 is 1.85 bits per heavy atom. The molecule has 2 atom stereocenters. The van der Waals surface area contributed by atoms with Crippen LogP contribution in [0.4, 0.5) is 0 Å². The maximum absolute atomic E-state index is 9.71. The highest BCUT2D eigenvalue weighted by atomic mass is 16.3. The van der Waals surface area contributed by atoms with E-state index in [1.165, 1.54) is 0 Å². The molecule has 0 amide bonds. The summed E-state index contributed by atoms with van der Waals surface area (Å²) >= 11 is 0. The van der Waals surface area contributed by atoms with Gasteiger partial charge >= 0.3 is 0 Å². The highest BCUT2D eigenvalue weighted by Gasteiger charge is 2.17. The smallest absolute Gasteiger partial charge is 0.0740 e. The van der Waals surface area contributed by atoms with Crippen molar-refractivity contribution in [3.63, 3.8) is 0 Å². The van der Waals surface area contributed by atoms with Gasteiger partial charge in [0.1, 0.15) is 0 Å². The third-order valence-electron chi connectivity index (χ3n) is 2.87. The fourth-order valence-corrected chi connectivity index (χ4v) is 0.930. The van der Waals surface area contributed by atoms with Gasteiger partial charge in [0.25, 0.3) is 0 Å². The molecular formula is C11H25NO. The van der Waals surface area contributed by atoms with E-state index in [0.29, 0.717) is 18.4 Å². The zero-order chi connectivity index (χ0) is 10.5. The van der Waals surface area contributed by atoms with Crippen LogP contribution in [0.3, 0.4) is 0 Å². The molecule has 2 heteroatoms. The molecule has 0 aliphatic carbocycles. The van der Waals surface area contributed by atoms with Crippen LogP contribution in [0.5, 0.6) is 0 Å². The number of hydrogen-bond donors (Lipinski definition) is 2. The average Bonchev–Trinajstić information content (AvgIpc) is 2.04. The van der Waals surface area contributed by atoms with E-state index in [2.05, 4.69) is 26.1 Å². The van der Waals surface area contributed by atoms with Crippen molar-refractivity contribution < 1.29 is 5.11 Å². The topological polar surface area (TPSA) is 32.3 Å². The molecule has 0 heterocycles. The van der Waals surface area contributed by atoms with E-state index in [1.807, 2.05) is 13.8 Å². The summed E-state index contributed by atoms with van der Waals surface area (Å²) < 4.78 is 0. The lowest BCUT2D eigenvalue weighted by atomic mass is 9.97. The van der Waals surface area contributed by atoms with E-state index >= 15 is 0 Å². The van der Waals surface area contributed by atoms with E-state index in [4.69, 9.17) is 0 Å². The van der Waals surface area contributed by atoms with Crippen molar-refractivity contribution in [1.82, 2.24) is 5.32 Å². The minimum atomic E-state index is -0.545. The fraction of sp³-hybridized carbons (Fsp3) is 1.00. The monoisotopic (exact) mass is 187 g/mol. The van der Waals surface area contributed by atoms with Crippen LogP contribution in [0.25, 0.3) is 0 Å². The quantitative estimate of drug-likeness (QED) is 0.667. The first-order chi connectivity index (χ1) is 5.89. The molecule has 0 aliphatic heterocycles. The van der Waals surface area contributed by atoms with Crippen molar-refractivity contribution >= 4 is 0 Å². The summed E-state index contributed by atoms with van der Waals surface area (Å²) in [5.41, 5.74) is -0.545. The molecule has 0 aromatic rings. The Labute approximate surface area is 82.7 Å². The van der Waals surface area contributed by atoms with Gasteiger partial charge in [0.05, 0.1) is 5.60 Å². The molecule has 0 bridgehead atoms. The normalized spacial score (nSPS) is 18.7. The van der Waals surface area contributed by atoms with Gasteiger partial charge in [-0.25, -0.2) is 0 Å². The minimum absolute atomic E-state index is 0.545. The summed E-state index contributed by atoms with van der Waals surface area (Å²) in [7, 11) is 0. The van der Waals surface area contributed by atoms with Crippen molar-refractivity contribution in [2.24, 2.45) is 11.8 Å². The van der Waals surface area contributed by atoms with Gasteiger partial charge in [-0.15, -0.1) is 0 Å². The highest BCUT2D eigenvalue weighted by Crippen LogP contribution is 2.09. The molecule has 0 rings (SSSR count). The van der Waals surface area contributed by atoms with E-state index in [1.54, 1.807) is 0 Å². The van der Waals surface area contributed by atoms with Crippen molar-refractivity contribution in [3.05, 3.63) is 0 Å². The first-order valence-electron chi connectivity index (χ1n) is 5.32. The van der Waals surface area contributed by atoms with E-state index in [-0.39, 0.29) is 0 Å². The number of hydrogen-bond acceptors (Lipinski definition) is 2. The van der Waals surface area contributed by atoms with Crippen molar-refractivity contribution in [1.29, 1.82) is 0 Å². The molecule has 0 aromatic carbocycles. The number of aliphatic hydroxyl groups is 1. The maximum Gasteiger partial charge on any atom is 0.0740 e. The van der Waals surface area contributed by atoms with E-state index < -0.39 is 5.60 Å². The third kappa shape index (κ3) is 6.05. The van der Waals surface area contributed by atoms with Crippen LogP contribution in [0, 0.1) is 11.8 Å². The lowest BCUT2D eigenvalue weighted by Gasteiger charge is -2.24. The zero-order valence-electron chi connectivity index (χ0n) is 9.72. The lowest BCUT2D eigenvalue weighted by Crippen LogP contribution is -2.39. The summed E-state index contributed by atoms with van der Waals surface area (Å²) in [4.78, 5) is 0. The molecule has 0 spiro atoms. The summed E-state index contributed by atoms with van der Waals surface area (Å²) in [6.45, 7) is 12.3. The van der Waals surface area contributed by atoms with Gasteiger partial charge in [-0.05, 0) is 31.7 Å². The summed E-state index contributed by atoms with van der Waals surface area (Å²) in [5.74, 6) is 1.38. The second-order valence-corrected chi connectivity index (χ2v) is 4.70. The largest absolute Gasteiger partial charge is 0.389 e. The van der Waals surface area contributed by atoms with Crippen molar-refractivity contribution in [2.45, 2.75) is 46.6 Å². The molecule has 0 aliphatic rings. The molecule has 2 N–H and O–H groups in total. The standard InChI is InChI=1S/C11H25NO/c1-6-11(5,13)8-12-7-10(4)9(2)3/h9-10,12-13H,6-8H2,1-5H3. The first kappa shape index (κ1) is 12.9. The molecule has 2 nitrogen and oxygen atoms in total. The zero-order valence-corrected chi connectivity index (χ0v) is 9.72. The Hall–Kier alpha value is -0.0800. The predicted octanol–water partition coefficient (Wildman–Crippen LogP) is 2.03. The van der Waals surface area contributed by atoms with Crippen LogP contribution < -0.4 is 5.32 Å². The van der Waals surface area contributed by atoms with Gasteiger partial charge in [0.15, 0.2) is 0 Å². The summed E-state index contributed by atoms with van der Waals surface area (Å²) in [6.07, 6.45) is 0.802. The molecule has 0 fully saturated rings. The molecule has 0 saturated heterocycles. The fourth-order valence-electron chi connectivity index (χ4n) is 0.930. The van der Waals surface area contributed by atoms with Crippen LogP contribution in [0.1, 0.15) is 41.0 Å². The lowest BCUT2D eigenvalue weighted by molar-refractivity contribution is 0.0546. The third-order valence-corrected chi connectivity index (χ3v) is 2.87. The molecule has 0 radical (unpaired) electrons. The van der Waals surface area contributed by atoms with Crippen LogP contribution in [0.15, 0.2) is 0 Å². The first-order valence-corrected chi connectivity index (χ1v) is 5.32. The summed E-state index contributed by atoms with van der Waals surface area (Å²) in [6, 6.07) is 0. The van der Waals surface area contributed by atoms with Crippen LogP contribution in [-0.4, -0.2) is 23.8 Å². The SMILES string of the molecule is CCC(C)(O)CNCC(C)C(C)C. The molecule has 2 unspecified atom stereocenters. The van der Waals surface area contributed by atoms with Gasteiger partial charge < -0.3 is 10.4 Å². The Balaban J connectivity index is 3.56. The summed E-state index contributed by atoms with van der Waals surface area (Å²) in [5, 5.41) is 13.0. The van der Waals surface area contributed by atoms with Gasteiger partial charge in [0.2, 0.25) is 0 Å². The van der Waals surface area contributed by atoms with Gasteiger partial charge in [-0.3, -0.25) is 0 Å². The minimum Gasteiger partial charge on any atom is -0.389 e. The molecule has 0 saturated carbocycles. The molecular weight excluding hydrogens is 162 g/mol. The number of rotatable bonds is 6. The maximum atomic E-state index is 9.71. The Morgan fingerprint density at radius 1 is 1.31 bits per heavy atom. The Bertz CT molecular complexity index is 132. The second kappa shape index (κ2) is 5.61. The van der Waals surface area contributed by atoms with Gasteiger partial charge in [-0.2, -0.15) is 0 Å². The Morgan fingerprint density at radius 3 is 2.23 bits per heavy atom. The Kier molecular flexibility index (Phi) is 5.57. The van der Waals surface area contributed by atoms with Crippen molar-refractivity contribution in [2.75, 3.05) is 13.1 Å². The van der Waals surface area contributed by atoms with Crippen LogP contribution in [-0.2, 0) is 0 Å². The second-order valence-electron chi connectivity index (χ2n) is 4.70. The molecule has 13 heavy (non-hydrogen) atoms. The van der Waals surface area contributed by atoms with Gasteiger partial charge in [0, 0.05) is 6.54 Å². The predicted molar refractivity (Wildman–Crippen MR) is 57.8 cm³/mol. The van der Waals surface area contributed by atoms with Crippen LogP contribution in [0.2, 0.25) is 0 Å². The van der Waals surface area contributed by atoms with E-state index in [0.717, 1.165) is 13.0 Å². The van der Waals surface area contributed by atoms with Gasteiger partial charge in [-0.1, -0.05) is 27.7 Å². The average molecular weight is 187 g/mol. The molecule has 80 valence electrons. The van der Waals surface area contributed by atoms with Crippen LogP contribution >= 0.6 is 0 Å². The number of nitrogens with one attached hydrogen (secondary N) is 1. The molecule has 0 aromatic heterocycles. The van der Waals surface area contributed by atoms with E-state index in [9.17, 15) is 5.11 Å². The van der Waals surface area contributed by atoms with Crippen molar-refractivity contribution in [3.8, 4) is 0 Å².